The maximum atomic E-state index is 11.5. The third-order valence-electron chi connectivity index (χ3n) is 2.19. The van der Waals surface area contributed by atoms with Gasteiger partial charge in [0.15, 0.2) is 0 Å². The number of pyridine rings is 1. The predicted molar refractivity (Wildman–Crippen MR) is 59.9 cm³/mol. The van der Waals surface area contributed by atoms with Crippen molar-refractivity contribution in [3.05, 3.63) is 30.1 Å². The van der Waals surface area contributed by atoms with E-state index in [1.165, 1.54) is 0 Å². The van der Waals surface area contributed by atoms with E-state index in [0.29, 0.717) is 0 Å². The van der Waals surface area contributed by atoms with Crippen molar-refractivity contribution in [3.63, 3.8) is 0 Å². The number of hydrogen-bond donors (Lipinski definition) is 1. The molecular weight excluding hydrogens is 212 g/mol. The monoisotopic (exact) mass is 228 g/mol. The Morgan fingerprint density at radius 3 is 2.33 bits per heavy atom. The van der Waals surface area contributed by atoms with Crippen molar-refractivity contribution in [1.82, 2.24) is 9.71 Å². The van der Waals surface area contributed by atoms with Gasteiger partial charge in [0, 0.05) is 12.4 Å². The zero-order valence-electron chi connectivity index (χ0n) is 9.19. The van der Waals surface area contributed by atoms with Crippen LogP contribution >= 0.6 is 0 Å². The Kier molecular flexibility index (Phi) is 3.46. The average Bonchev–Trinajstić information content (AvgIpc) is 2.18. The topological polar surface area (TPSA) is 59.1 Å². The van der Waals surface area contributed by atoms with Crippen LogP contribution in [0.1, 0.15) is 26.3 Å². The van der Waals surface area contributed by atoms with Crippen LogP contribution in [-0.2, 0) is 15.6 Å². The van der Waals surface area contributed by atoms with Gasteiger partial charge in [-0.15, -0.1) is 0 Å². The highest BCUT2D eigenvalue weighted by molar-refractivity contribution is 7.89. The first-order valence-corrected chi connectivity index (χ1v) is 6.45. The molecular formula is C10H16N2O2S. The van der Waals surface area contributed by atoms with Crippen LogP contribution in [0.3, 0.4) is 0 Å². The summed E-state index contributed by atoms with van der Waals surface area (Å²) in [5, 5.41) is 0. The van der Waals surface area contributed by atoms with Gasteiger partial charge in [-0.1, -0.05) is 0 Å². The zero-order valence-corrected chi connectivity index (χ0v) is 10.0. The quantitative estimate of drug-likeness (QED) is 0.844. The summed E-state index contributed by atoms with van der Waals surface area (Å²) in [6.07, 6.45) is 3.30. The first-order chi connectivity index (χ1) is 6.87. The van der Waals surface area contributed by atoms with Crippen LogP contribution in [0.15, 0.2) is 24.5 Å². The molecule has 0 aromatic carbocycles. The van der Waals surface area contributed by atoms with Gasteiger partial charge >= 0.3 is 0 Å². The Morgan fingerprint density at radius 1 is 1.33 bits per heavy atom. The Hall–Kier alpha value is -0.940. The SMILES string of the molecule is CCS(=O)(=O)NC(C)(C)c1ccncc1. The predicted octanol–water partition coefficient (Wildman–Crippen LogP) is 1.26. The molecule has 0 saturated carbocycles. The maximum Gasteiger partial charge on any atom is 0.212 e. The van der Waals surface area contributed by atoms with Crippen molar-refractivity contribution in [2.45, 2.75) is 26.3 Å². The molecule has 0 fully saturated rings. The van der Waals surface area contributed by atoms with Crippen LogP contribution in [0, 0.1) is 0 Å². The third-order valence-corrected chi connectivity index (χ3v) is 3.77. The highest BCUT2D eigenvalue weighted by Gasteiger charge is 2.25. The van der Waals surface area contributed by atoms with Gasteiger partial charge in [-0.3, -0.25) is 4.98 Å². The van der Waals surface area contributed by atoms with Crippen LogP contribution in [0.25, 0.3) is 0 Å². The molecule has 84 valence electrons. The van der Waals surface area contributed by atoms with E-state index in [4.69, 9.17) is 0 Å². The lowest BCUT2D eigenvalue weighted by Gasteiger charge is -2.26. The summed E-state index contributed by atoms with van der Waals surface area (Å²) in [5.41, 5.74) is 0.298. The highest BCUT2D eigenvalue weighted by atomic mass is 32.2. The van der Waals surface area contributed by atoms with Gasteiger partial charge in [-0.05, 0) is 38.5 Å². The number of rotatable bonds is 4. The summed E-state index contributed by atoms with van der Waals surface area (Å²) >= 11 is 0. The van der Waals surface area contributed by atoms with Gasteiger partial charge in [0.1, 0.15) is 0 Å². The second-order valence-electron chi connectivity index (χ2n) is 3.87. The minimum absolute atomic E-state index is 0.0848. The fourth-order valence-electron chi connectivity index (χ4n) is 1.29. The van der Waals surface area contributed by atoms with Crippen LogP contribution in [-0.4, -0.2) is 19.2 Å². The molecule has 4 nitrogen and oxygen atoms in total. The lowest BCUT2D eigenvalue weighted by Crippen LogP contribution is -2.41. The standard InChI is InChI=1S/C10H16N2O2S/c1-4-15(13,14)12-10(2,3)9-5-7-11-8-6-9/h5-8,12H,4H2,1-3H3. The Labute approximate surface area is 90.8 Å². The van der Waals surface area contributed by atoms with E-state index in [9.17, 15) is 8.42 Å². The molecule has 0 amide bonds. The first-order valence-electron chi connectivity index (χ1n) is 4.79. The Bertz CT molecular complexity index is 412. The second kappa shape index (κ2) is 4.28. The molecule has 1 aromatic rings. The van der Waals surface area contributed by atoms with Gasteiger partial charge < -0.3 is 0 Å². The van der Waals surface area contributed by atoms with Gasteiger partial charge in [-0.25, -0.2) is 13.1 Å². The van der Waals surface area contributed by atoms with E-state index in [1.807, 2.05) is 13.8 Å². The molecule has 0 atom stereocenters. The fourth-order valence-corrected chi connectivity index (χ4v) is 2.33. The summed E-state index contributed by atoms with van der Waals surface area (Å²) in [7, 11) is -3.20. The molecule has 1 rings (SSSR count). The van der Waals surface area contributed by atoms with Crippen molar-refractivity contribution < 1.29 is 8.42 Å². The van der Waals surface area contributed by atoms with E-state index in [2.05, 4.69) is 9.71 Å². The lowest BCUT2D eigenvalue weighted by molar-refractivity contribution is 0.472. The fraction of sp³-hybridized carbons (Fsp3) is 0.500. The summed E-state index contributed by atoms with van der Waals surface area (Å²) in [5.74, 6) is 0.0848. The van der Waals surface area contributed by atoms with E-state index in [1.54, 1.807) is 31.5 Å². The highest BCUT2D eigenvalue weighted by Crippen LogP contribution is 2.19. The largest absolute Gasteiger partial charge is 0.265 e. The average molecular weight is 228 g/mol. The first kappa shape index (κ1) is 12.1. The Morgan fingerprint density at radius 2 is 1.87 bits per heavy atom. The normalized spacial score (nSPS) is 12.7. The van der Waals surface area contributed by atoms with Crippen LogP contribution in [0.2, 0.25) is 0 Å². The number of nitrogens with zero attached hydrogens (tertiary/aromatic N) is 1. The molecule has 0 bridgehead atoms. The number of sulfonamides is 1. The van der Waals surface area contributed by atoms with Crippen LogP contribution in [0.4, 0.5) is 0 Å². The summed E-state index contributed by atoms with van der Waals surface area (Å²) in [6.45, 7) is 5.27. The third kappa shape index (κ3) is 3.28. The van der Waals surface area contributed by atoms with Gasteiger partial charge in [0.05, 0.1) is 11.3 Å². The molecule has 15 heavy (non-hydrogen) atoms. The van der Waals surface area contributed by atoms with E-state index in [-0.39, 0.29) is 5.75 Å². The molecule has 1 aromatic heterocycles. The van der Waals surface area contributed by atoms with Gasteiger partial charge in [0.25, 0.3) is 0 Å². The van der Waals surface area contributed by atoms with E-state index >= 15 is 0 Å². The molecule has 1 N–H and O–H groups in total. The van der Waals surface area contributed by atoms with Crippen molar-refractivity contribution in [2.75, 3.05) is 5.75 Å². The summed E-state index contributed by atoms with van der Waals surface area (Å²) in [4.78, 5) is 3.90. The molecule has 0 spiro atoms. The maximum absolute atomic E-state index is 11.5. The van der Waals surface area contributed by atoms with Crippen molar-refractivity contribution in [3.8, 4) is 0 Å². The molecule has 0 unspecified atom stereocenters. The lowest BCUT2D eigenvalue weighted by atomic mass is 9.97. The number of aromatic nitrogens is 1. The molecule has 0 aliphatic carbocycles. The molecule has 0 aliphatic heterocycles. The Balaban J connectivity index is 2.95. The van der Waals surface area contributed by atoms with Gasteiger partial charge in [0.2, 0.25) is 10.0 Å². The summed E-state index contributed by atoms with van der Waals surface area (Å²) in [6, 6.07) is 3.61. The minimum atomic E-state index is -3.20. The van der Waals surface area contributed by atoms with Crippen molar-refractivity contribution in [1.29, 1.82) is 0 Å². The van der Waals surface area contributed by atoms with Crippen LogP contribution in [0.5, 0.6) is 0 Å². The minimum Gasteiger partial charge on any atom is -0.265 e. The molecule has 0 aliphatic rings. The van der Waals surface area contributed by atoms with Crippen LogP contribution < -0.4 is 4.72 Å². The van der Waals surface area contributed by atoms with Crippen molar-refractivity contribution in [2.24, 2.45) is 0 Å². The molecule has 5 heteroatoms. The number of nitrogens with one attached hydrogen (secondary N) is 1. The summed E-state index contributed by atoms with van der Waals surface area (Å²) < 4.78 is 25.6. The van der Waals surface area contributed by atoms with Crippen molar-refractivity contribution >= 4 is 10.0 Å². The van der Waals surface area contributed by atoms with Gasteiger partial charge in [-0.2, -0.15) is 0 Å². The van der Waals surface area contributed by atoms with E-state index in [0.717, 1.165) is 5.56 Å². The van der Waals surface area contributed by atoms with E-state index < -0.39 is 15.6 Å². The zero-order chi connectivity index (χ0) is 11.5. The second-order valence-corrected chi connectivity index (χ2v) is 5.88. The molecule has 0 radical (unpaired) electrons. The number of hydrogen-bond acceptors (Lipinski definition) is 3. The smallest absolute Gasteiger partial charge is 0.212 e. The molecule has 1 heterocycles. The molecule has 0 saturated heterocycles.